The molecule has 27 heavy (non-hydrogen) atoms. The van der Waals surface area contributed by atoms with Gasteiger partial charge in [-0.3, -0.25) is 14.3 Å². The summed E-state index contributed by atoms with van der Waals surface area (Å²) >= 11 is 0. The third kappa shape index (κ3) is 4.22. The van der Waals surface area contributed by atoms with Gasteiger partial charge in [-0.05, 0) is 19.1 Å². The lowest BCUT2D eigenvalue weighted by Crippen LogP contribution is -2.19. The molecule has 0 bridgehead atoms. The van der Waals surface area contributed by atoms with Crippen molar-refractivity contribution in [2.45, 2.75) is 27.3 Å². The maximum Gasteiger partial charge on any atom is 0.277 e. The highest BCUT2D eigenvalue weighted by molar-refractivity contribution is 6.03. The Morgan fingerprint density at radius 2 is 1.81 bits per heavy atom. The summed E-state index contributed by atoms with van der Waals surface area (Å²) in [5, 5.41) is 14.1. The second-order valence-corrected chi connectivity index (χ2v) is 6.32. The third-order valence-corrected chi connectivity index (χ3v) is 3.92. The molecule has 0 unspecified atom stereocenters. The first-order valence-corrected chi connectivity index (χ1v) is 8.79. The monoisotopic (exact) mass is 366 g/mol. The minimum Gasteiger partial charge on any atom is -0.310 e. The Labute approximate surface area is 157 Å². The van der Waals surface area contributed by atoms with Crippen LogP contribution in [0.25, 0.3) is 5.69 Å². The number of aromatic nitrogens is 4. The zero-order chi connectivity index (χ0) is 19.4. The van der Waals surface area contributed by atoms with E-state index >= 15 is 0 Å². The van der Waals surface area contributed by atoms with E-state index in [9.17, 15) is 9.59 Å². The molecular formula is C19H22N6O2. The Balaban J connectivity index is 1.90. The number of anilines is 2. The summed E-state index contributed by atoms with van der Waals surface area (Å²) in [6, 6.07) is 12.6. The van der Waals surface area contributed by atoms with E-state index in [1.54, 1.807) is 41.5 Å². The summed E-state index contributed by atoms with van der Waals surface area (Å²) in [5.41, 5.74) is 0.926. The van der Waals surface area contributed by atoms with Gasteiger partial charge in [0, 0.05) is 30.8 Å². The predicted molar refractivity (Wildman–Crippen MR) is 103 cm³/mol. The number of carbonyl (C=O) groups excluding carboxylic acids is 2. The zero-order valence-corrected chi connectivity index (χ0v) is 15.5. The number of carbonyl (C=O) groups is 2. The van der Waals surface area contributed by atoms with Crippen molar-refractivity contribution in [2.24, 2.45) is 5.92 Å². The van der Waals surface area contributed by atoms with Crippen LogP contribution < -0.4 is 10.6 Å². The molecule has 0 aliphatic rings. The van der Waals surface area contributed by atoms with Gasteiger partial charge in [0.2, 0.25) is 5.91 Å². The highest BCUT2D eigenvalue weighted by Crippen LogP contribution is 2.19. The second kappa shape index (κ2) is 7.86. The van der Waals surface area contributed by atoms with Crippen LogP contribution in [0.3, 0.4) is 0 Å². The molecule has 3 rings (SSSR count). The van der Waals surface area contributed by atoms with Crippen molar-refractivity contribution in [3.8, 4) is 5.69 Å². The summed E-state index contributed by atoms with van der Waals surface area (Å²) in [6.07, 6.45) is 1.78. The number of aryl methyl sites for hydroxylation is 1. The third-order valence-electron chi connectivity index (χ3n) is 3.92. The fourth-order valence-corrected chi connectivity index (χ4v) is 2.40. The number of para-hydroxylation sites is 1. The van der Waals surface area contributed by atoms with Crippen LogP contribution in [-0.4, -0.2) is 31.4 Å². The van der Waals surface area contributed by atoms with E-state index in [1.807, 2.05) is 37.3 Å². The van der Waals surface area contributed by atoms with E-state index in [1.165, 1.54) is 0 Å². The number of amides is 2. The van der Waals surface area contributed by atoms with Crippen molar-refractivity contribution in [1.29, 1.82) is 0 Å². The van der Waals surface area contributed by atoms with Crippen molar-refractivity contribution in [1.82, 2.24) is 19.6 Å². The molecule has 8 nitrogen and oxygen atoms in total. The molecule has 8 heteroatoms. The molecule has 1 aromatic carbocycles. The first-order valence-electron chi connectivity index (χ1n) is 8.79. The van der Waals surface area contributed by atoms with Gasteiger partial charge in [-0.15, -0.1) is 0 Å². The van der Waals surface area contributed by atoms with Crippen LogP contribution in [0.15, 0.2) is 48.7 Å². The lowest BCUT2D eigenvalue weighted by molar-refractivity contribution is -0.118. The SMILES string of the molecule is CCn1ccc(NC(=O)c2cc(NC(=O)C(C)C)n(-c3ccccc3)n2)n1. The fourth-order valence-electron chi connectivity index (χ4n) is 2.40. The minimum absolute atomic E-state index is 0.152. The molecule has 0 saturated heterocycles. The summed E-state index contributed by atoms with van der Waals surface area (Å²) in [6.45, 7) is 6.28. The van der Waals surface area contributed by atoms with Gasteiger partial charge in [-0.2, -0.15) is 10.2 Å². The van der Waals surface area contributed by atoms with E-state index in [-0.39, 0.29) is 17.5 Å². The van der Waals surface area contributed by atoms with E-state index in [2.05, 4.69) is 20.8 Å². The Kier molecular flexibility index (Phi) is 5.35. The minimum atomic E-state index is -0.397. The first kappa shape index (κ1) is 18.4. The fraction of sp³-hybridized carbons (Fsp3) is 0.263. The molecule has 0 radical (unpaired) electrons. The number of nitrogens with one attached hydrogen (secondary N) is 2. The van der Waals surface area contributed by atoms with E-state index < -0.39 is 5.91 Å². The topological polar surface area (TPSA) is 93.8 Å². The normalized spacial score (nSPS) is 10.8. The van der Waals surface area contributed by atoms with Crippen molar-refractivity contribution in [2.75, 3.05) is 10.6 Å². The molecule has 2 N–H and O–H groups in total. The Bertz CT molecular complexity index is 942. The molecule has 3 aromatic rings. The molecule has 0 saturated carbocycles. The van der Waals surface area contributed by atoms with E-state index in [0.29, 0.717) is 18.2 Å². The van der Waals surface area contributed by atoms with Crippen LogP contribution in [0, 0.1) is 5.92 Å². The highest BCUT2D eigenvalue weighted by atomic mass is 16.2. The molecule has 0 aliphatic carbocycles. The number of rotatable bonds is 6. The standard InChI is InChI=1S/C19H22N6O2/c1-4-24-11-10-16(23-24)20-19(27)15-12-17(21-18(26)13(2)3)25(22-15)14-8-6-5-7-9-14/h5-13H,4H2,1-3H3,(H,21,26)(H,20,23,27). The predicted octanol–water partition coefficient (Wildman–Crippen LogP) is 2.94. The molecule has 140 valence electrons. The molecule has 2 heterocycles. The van der Waals surface area contributed by atoms with Crippen LogP contribution in [0.2, 0.25) is 0 Å². The largest absolute Gasteiger partial charge is 0.310 e. The van der Waals surface area contributed by atoms with Gasteiger partial charge in [0.05, 0.1) is 5.69 Å². The number of hydrogen-bond donors (Lipinski definition) is 2. The summed E-state index contributed by atoms with van der Waals surface area (Å²) in [7, 11) is 0. The average molecular weight is 366 g/mol. The number of nitrogens with zero attached hydrogens (tertiary/aromatic N) is 4. The van der Waals surface area contributed by atoms with Gasteiger partial charge in [0.25, 0.3) is 5.91 Å². The molecule has 0 fully saturated rings. The second-order valence-electron chi connectivity index (χ2n) is 6.32. The highest BCUT2D eigenvalue weighted by Gasteiger charge is 2.19. The first-order chi connectivity index (χ1) is 13.0. The molecule has 2 amide bonds. The summed E-state index contributed by atoms with van der Waals surface area (Å²) in [5.74, 6) is 0.138. The van der Waals surface area contributed by atoms with Gasteiger partial charge in [-0.1, -0.05) is 32.0 Å². The maximum atomic E-state index is 12.6. The maximum absolute atomic E-state index is 12.6. The van der Waals surface area contributed by atoms with Crippen LogP contribution in [-0.2, 0) is 11.3 Å². The smallest absolute Gasteiger partial charge is 0.277 e. The van der Waals surface area contributed by atoms with Gasteiger partial charge in [-0.25, -0.2) is 4.68 Å². The van der Waals surface area contributed by atoms with Crippen LogP contribution >= 0.6 is 0 Å². The quantitative estimate of drug-likeness (QED) is 0.701. The number of hydrogen-bond acceptors (Lipinski definition) is 4. The van der Waals surface area contributed by atoms with Crippen molar-refractivity contribution >= 4 is 23.5 Å². The summed E-state index contributed by atoms with van der Waals surface area (Å²) < 4.78 is 3.26. The van der Waals surface area contributed by atoms with Crippen LogP contribution in [0.5, 0.6) is 0 Å². The van der Waals surface area contributed by atoms with Crippen molar-refractivity contribution in [3.63, 3.8) is 0 Å². The zero-order valence-electron chi connectivity index (χ0n) is 15.5. The molecule has 2 aromatic heterocycles. The van der Waals surface area contributed by atoms with Crippen LogP contribution in [0.1, 0.15) is 31.3 Å². The lowest BCUT2D eigenvalue weighted by Gasteiger charge is -2.10. The van der Waals surface area contributed by atoms with Crippen molar-refractivity contribution in [3.05, 3.63) is 54.4 Å². The molecule has 0 atom stereocenters. The van der Waals surface area contributed by atoms with E-state index in [4.69, 9.17) is 0 Å². The van der Waals surface area contributed by atoms with Crippen molar-refractivity contribution < 1.29 is 9.59 Å². The van der Waals surface area contributed by atoms with E-state index in [0.717, 1.165) is 5.69 Å². The Hall–Kier alpha value is -3.42. The molecular weight excluding hydrogens is 344 g/mol. The molecule has 0 spiro atoms. The summed E-state index contributed by atoms with van der Waals surface area (Å²) in [4.78, 5) is 24.7. The Morgan fingerprint density at radius 1 is 1.07 bits per heavy atom. The molecule has 0 aliphatic heterocycles. The Morgan fingerprint density at radius 3 is 2.44 bits per heavy atom. The van der Waals surface area contributed by atoms with Gasteiger partial charge >= 0.3 is 0 Å². The van der Waals surface area contributed by atoms with Gasteiger partial charge in [0.15, 0.2) is 11.5 Å². The number of benzene rings is 1. The average Bonchev–Trinajstić information content (AvgIpc) is 3.29. The lowest BCUT2D eigenvalue weighted by atomic mass is 10.2. The van der Waals surface area contributed by atoms with Gasteiger partial charge in [0.1, 0.15) is 5.82 Å². The van der Waals surface area contributed by atoms with Gasteiger partial charge < -0.3 is 10.6 Å². The van der Waals surface area contributed by atoms with Crippen LogP contribution in [0.4, 0.5) is 11.6 Å².